The smallest absolute Gasteiger partial charge is 0.123 e. The third-order valence-electron chi connectivity index (χ3n) is 3.65. The Morgan fingerprint density at radius 1 is 1.10 bits per heavy atom. The number of halogens is 1. The van der Waals surface area contributed by atoms with Gasteiger partial charge in [0.2, 0.25) is 0 Å². The second-order valence-electron chi connectivity index (χ2n) is 5.14. The van der Waals surface area contributed by atoms with Crippen molar-refractivity contribution >= 4 is 21.6 Å². The van der Waals surface area contributed by atoms with Crippen molar-refractivity contribution in [2.24, 2.45) is 0 Å². The highest BCUT2D eigenvalue weighted by Gasteiger charge is 2.14. The Bertz CT molecular complexity index is 603. The molecule has 0 spiro atoms. The first-order valence-electron chi connectivity index (χ1n) is 7.24. The molecule has 0 saturated heterocycles. The van der Waals surface area contributed by atoms with Crippen molar-refractivity contribution in [2.75, 3.05) is 31.6 Å². The Balaban J connectivity index is 1.55. The number of rotatable bonds is 4. The van der Waals surface area contributed by atoms with Crippen LogP contribution in [-0.2, 0) is 6.54 Å². The van der Waals surface area contributed by atoms with Crippen molar-refractivity contribution in [3.63, 3.8) is 0 Å². The van der Waals surface area contributed by atoms with E-state index in [9.17, 15) is 0 Å². The first-order valence-corrected chi connectivity index (χ1v) is 8.04. The van der Waals surface area contributed by atoms with Gasteiger partial charge in [0.25, 0.3) is 0 Å². The number of anilines is 1. The molecule has 0 unspecified atom stereocenters. The van der Waals surface area contributed by atoms with E-state index in [0.29, 0.717) is 0 Å². The molecule has 0 atom stereocenters. The Morgan fingerprint density at radius 3 is 2.81 bits per heavy atom. The quantitative estimate of drug-likeness (QED) is 0.912. The van der Waals surface area contributed by atoms with Crippen LogP contribution >= 0.6 is 15.9 Å². The average Bonchev–Trinajstić information content (AvgIpc) is 2.71. The fourth-order valence-electron chi connectivity index (χ4n) is 2.52. The van der Waals surface area contributed by atoms with Gasteiger partial charge in [-0.3, -0.25) is 4.90 Å². The molecule has 0 fully saturated rings. The number of ether oxygens (including phenoxy) is 1. The SMILES string of the molecule is Brc1ccccc1NCCN1CCOc2ccccc2C1. The molecule has 0 aromatic heterocycles. The number of nitrogens with one attached hydrogen (secondary N) is 1. The average molecular weight is 347 g/mol. The molecule has 1 N–H and O–H groups in total. The summed E-state index contributed by atoms with van der Waals surface area (Å²) in [7, 11) is 0. The standard InChI is InChI=1S/C17H19BrN2O/c18-15-6-2-3-7-16(15)19-9-10-20-11-12-21-17-8-4-1-5-14(17)13-20/h1-8,19H,9-13H2. The molecule has 4 heteroatoms. The lowest BCUT2D eigenvalue weighted by Gasteiger charge is -2.20. The second kappa shape index (κ2) is 6.96. The highest BCUT2D eigenvalue weighted by molar-refractivity contribution is 9.10. The largest absolute Gasteiger partial charge is 0.492 e. The molecule has 0 amide bonds. The van der Waals surface area contributed by atoms with Crippen LogP contribution in [0.15, 0.2) is 53.0 Å². The third kappa shape index (κ3) is 3.77. The van der Waals surface area contributed by atoms with E-state index in [0.717, 1.165) is 48.7 Å². The predicted octanol–water partition coefficient (Wildman–Crippen LogP) is 3.76. The van der Waals surface area contributed by atoms with E-state index in [4.69, 9.17) is 4.74 Å². The molecule has 0 bridgehead atoms. The lowest BCUT2D eigenvalue weighted by atomic mass is 10.2. The zero-order chi connectivity index (χ0) is 14.5. The normalized spacial score (nSPS) is 14.9. The van der Waals surface area contributed by atoms with Crippen LogP contribution in [-0.4, -0.2) is 31.1 Å². The van der Waals surface area contributed by atoms with Crippen molar-refractivity contribution in [1.29, 1.82) is 0 Å². The minimum absolute atomic E-state index is 0.756. The van der Waals surface area contributed by atoms with E-state index in [-0.39, 0.29) is 0 Å². The van der Waals surface area contributed by atoms with Gasteiger partial charge in [0.05, 0.1) is 0 Å². The molecule has 21 heavy (non-hydrogen) atoms. The molecule has 0 aliphatic carbocycles. The first-order chi connectivity index (χ1) is 10.3. The second-order valence-corrected chi connectivity index (χ2v) is 5.99. The van der Waals surface area contributed by atoms with Crippen molar-refractivity contribution in [3.8, 4) is 5.75 Å². The van der Waals surface area contributed by atoms with Crippen LogP contribution < -0.4 is 10.1 Å². The summed E-state index contributed by atoms with van der Waals surface area (Å²) < 4.78 is 6.90. The Labute approximate surface area is 134 Å². The molecule has 0 radical (unpaired) electrons. The maximum Gasteiger partial charge on any atom is 0.123 e. The van der Waals surface area contributed by atoms with Gasteiger partial charge in [-0.15, -0.1) is 0 Å². The minimum Gasteiger partial charge on any atom is -0.492 e. The monoisotopic (exact) mass is 346 g/mol. The molecule has 3 nitrogen and oxygen atoms in total. The van der Waals surface area contributed by atoms with Crippen LogP contribution in [0.1, 0.15) is 5.56 Å². The number of fused-ring (bicyclic) bond motifs is 1. The fourth-order valence-corrected chi connectivity index (χ4v) is 2.95. The van der Waals surface area contributed by atoms with Crippen molar-refractivity contribution in [3.05, 3.63) is 58.6 Å². The van der Waals surface area contributed by atoms with E-state index in [1.165, 1.54) is 5.56 Å². The lowest BCUT2D eigenvalue weighted by molar-refractivity contribution is 0.232. The summed E-state index contributed by atoms with van der Waals surface area (Å²) in [5.41, 5.74) is 2.42. The Kier molecular flexibility index (Phi) is 4.78. The van der Waals surface area contributed by atoms with Gasteiger partial charge in [0, 0.05) is 41.9 Å². The highest BCUT2D eigenvalue weighted by Crippen LogP contribution is 2.23. The van der Waals surface area contributed by atoms with Gasteiger partial charge in [-0.05, 0) is 34.1 Å². The van der Waals surface area contributed by atoms with Crippen molar-refractivity contribution in [2.45, 2.75) is 6.54 Å². The van der Waals surface area contributed by atoms with Gasteiger partial charge in [-0.25, -0.2) is 0 Å². The van der Waals surface area contributed by atoms with E-state index >= 15 is 0 Å². The topological polar surface area (TPSA) is 24.5 Å². The summed E-state index contributed by atoms with van der Waals surface area (Å²) in [5.74, 6) is 1.03. The lowest BCUT2D eigenvalue weighted by Crippen LogP contribution is -2.30. The van der Waals surface area contributed by atoms with Crippen LogP contribution in [0.25, 0.3) is 0 Å². The number of para-hydroxylation sites is 2. The Hall–Kier alpha value is -1.52. The molecule has 3 rings (SSSR count). The van der Waals surface area contributed by atoms with Gasteiger partial charge in [-0.2, -0.15) is 0 Å². The summed E-state index contributed by atoms with van der Waals surface area (Å²) in [5, 5.41) is 3.48. The molecule has 1 heterocycles. The van der Waals surface area contributed by atoms with Gasteiger partial charge >= 0.3 is 0 Å². The number of benzene rings is 2. The maximum atomic E-state index is 5.79. The van der Waals surface area contributed by atoms with E-state index in [1.54, 1.807) is 0 Å². The summed E-state index contributed by atoms with van der Waals surface area (Å²) in [6.07, 6.45) is 0. The Morgan fingerprint density at radius 2 is 1.90 bits per heavy atom. The zero-order valence-electron chi connectivity index (χ0n) is 11.9. The van der Waals surface area contributed by atoms with Crippen LogP contribution in [0.5, 0.6) is 5.75 Å². The molecular weight excluding hydrogens is 328 g/mol. The van der Waals surface area contributed by atoms with Gasteiger partial charge < -0.3 is 10.1 Å². The summed E-state index contributed by atoms with van der Waals surface area (Å²) in [6, 6.07) is 16.5. The van der Waals surface area contributed by atoms with Gasteiger partial charge in [0.1, 0.15) is 12.4 Å². The number of hydrogen-bond acceptors (Lipinski definition) is 3. The molecule has 1 aliphatic rings. The molecular formula is C17H19BrN2O. The van der Waals surface area contributed by atoms with Crippen molar-refractivity contribution in [1.82, 2.24) is 4.90 Å². The molecule has 0 saturated carbocycles. The number of hydrogen-bond donors (Lipinski definition) is 1. The molecule has 2 aromatic carbocycles. The third-order valence-corrected chi connectivity index (χ3v) is 4.34. The summed E-state index contributed by atoms with van der Waals surface area (Å²) in [4.78, 5) is 2.43. The predicted molar refractivity (Wildman–Crippen MR) is 89.8 cm³/mol. The van der Waals surface area contributed by atoms with Crippen LogP contribution in [0.2, 0.25) is 0 Å². The fraction of sp³-hybridized carbons (Fsp3) is 0.294. The highest BCUT2D eigenvalue weighted by atomic mass is 79.9. The zero-order valence-corrected chi connectivity index (χ0v) is 13.5. The molecule has 2 aromatic rings. The van der Waals surface area contributed by atoms with E-state index in [2.05, 4.69) is 56.5 Å². The van der Waals surface area contributed by atoms with Crippen LogP contribution in [0.4, 0.5) is 5.69 Å². The van der Waals surface area contributed by atoms with E-state index < -0.39 is 0 Å². The molecule has 1 aliphatic heterocycles. The number of nitrogens with zero attached hydrogens (tertiary/aromatic N) is 1. The van der Waals surface area contributed by atoms with Gasteiger partial charge in [0.15, 0.2) is 0 Å². The van der Waals surface area contributed by atoms with Gasteiger partial charge in [-0.1, -0.05) is 30.3 Å². The minimum atomic E-state index is 0.756. The van der Waals surface area contributed by atoms with Crippen molar-refractivity contribution < 1.29 is 4.74 Å². The molecule has 110 valence electrons. The van der Waals surface area contributed by atoms with E-state index in [1.807, 2.05) is 18.2 Å². The van der Waals surface area contributed by atoms with Crippen LogP contribution in [0, 0.1) is 0 Å². The maximum absolute atomic E-state index is 5.79. The summed E-state index contributed by atoms with van der Waals surface area (Å²) in [6.45, 7) is 4.59. The van der Waals surface area contributed by atoms with Crippen LogP contribution in [0.3, 0.4) is 0 Å². The first kappa shape index (κ1) is 14.4. The summed E-state index contributed by atoms with van der Waals surface area (Å²) >= 11 is 3.56.